The summed E-state index contributed by atoms with van der Waals surface area (Å²) in [5, 5.41) is 0. The van der Waals surface area contributed by atoms with Crippen LogP contribution in [0.25, 0.3) is 0 Å². The van der Waals surface area contributed by atoms with Crippen LogP contribution < -0.4 is 0 Å². The van der Waals surface area contributed by atoms with Crippen molar-refractivity contribution in [3.63, 3.8) is 0 Å². The lowest BCUT2D eigenvalue weighted by atomic mass is 10.5. The van der Waals surface area contributed by atoms with Gasteiger partial charge in [0.1, 0.15) is 6.61 Å². The maximum atomic E-state index is 11.1. The summed E-state index contributed by atoms with van der Waals surface area (Å²) in [4.78, 5) is 11.1. The Balaban J connectivity index is -0.0000000339. The molecule has 0 radical (unpaired) electrons. The van der Waals surface area contributed by atoms with E-state index >= 15 is 0 Å². The summed E-state index contributed by atoms with van der Waals surface area (Å²) in [6.45, 7) is 2.03. The highest BCUT2D eigenvalue weighted by Crippen LogP contribution is 1.90. The molecule has 3 heteroatoms. The molecule has 24 heavy (non-hydrogen) atoms. The zero-order chi connectivity index (χ0) is 17.7. The molecule has 0 aliphatic carbocycles. The Morgan fingerprint density at radius 1 is 0.792 bits per heavy atom. The predicted octanol–water partition coefficient (Wildman–Crippen LogP) is 4.14. The molecule has 0 atom stereocenters. The lowest BCUT2D eigenvalue weighted by Crippen LogP contribution is -2.04. The normalized spacial score (nSPS) is 5.58. The van der Waals surface area contributed by atoms with Gasteiger partial charge < -0.3 is 4.74 Å². The van der Waals surface area contributed by atoms with Crippen LogP contribution in [0, 0.1) is 94.7 Å². The molecule has 0 bridgehead atoms. The number of rotatable bonds is 3. The summed E-state index contributed by atoms with van der Waals surface area (Å²) in [7, 11) is 0. The van der Waals surface area contributed by atoms with Crippen LogP contribution >= 0.6 is 11.8 Å². The quantitative estimate of drug-likeness (QED) is 0.330. The van der Waals surface area contributed by atoms with Crippen LogP contribution in [-0.2, 0) is 9.53 Å². The van der Waals surface area contributed by atoms with Crippen LogP contribution in [0.2, 0.25) is 0 Å². The Morgan fingerprint density at radius 3 is 1.62 bits per heavy atom. The van der Waals surface area contributed by atoms with Crippen LogP contribution in [0.1, 0.15) is 25.5 Å². The van der Waals surface area contributed by atoms with Crippen LogP contribution in [0.5, 0.6) is 0 Å². The van der Waals surface area contributed by atoms with Gasteiger partial charge >= 0.3 is 5.97 Å². The molecule has 0 aliphatic rings. The van der Waals surface area contributed by atoms with Gasteiger partial charge in [-0.15, -0.1) is 0 Å². The van der Waals surface area contributed by atoms with E-state index in [4.69, 9.17) is 4.74 Å². The monoisotopic (exact) mass is 352 g/mol. The minimum absolute atomic E-state index is 0. The number of carbonyl (C=O) groups excluding carboxylic acids is 1. The molecule has 0 rings (SSSR count). The molecule has 0 unspecified atom stereocenters. The third kappa shape index (κ3) is 16.4. The highest BCUT2D eigenvalue weighted by molar-refractivity contribution is 7.98. The lowest BCUT2D eigenvalue weighted by Gasteiger charge is -1.95. The van der Waals surface area contributed by atoms with Crippen molar-refractivity contribution >= 4 is 17.7 Å². The minimum Gasteiger partial charge on any atom is -0.455 e. The molecule has 0 fully saturated rings. The average molecular weight is 353 g/mol. The molecule has 0 aromatic heterocycles. The molecule has 0 spiro atoms. The van der Waals surface area contributed by atoms with Crippen LogP contribution in [-0.4, -0.2) is 24.6 Å². The first kappa shape index (κ1) is 20.3. The molecule has 0 aromatic rings. The van der Waals surface area contributed by atoms with Gasteiger partial charge in [0.2, 0.25) is 0 Å². The first-order valence-corrected chi connectivity index (χ1v) is 7.79. The summed E-state index contributed by atoms with van der Waals surface area (Å²) >= 11 is 1.58. The van der Waals surface area contributed by atoms with Crippen molar-refractivity contribution in [2.45, 2.75) is 6.92 Å². The number of thioether (sulfide) groups is 1. The Morgan fingerprint density at radius 2 is 1.21 bits per heavy atom. The SMILES string of the molecule is CC#CC#CC#CC#CC#CC#CC#CC#CC(=O)OCCSC.[HH].[HH].[HH].[HH].[HH].[HH].[HH].[HH].[HH].[HH].[HH].[HH].[HH]. The van der Waals surface area contributed by atoms with E-state index in [0.717, 1.165) is 5.75 Å². The number of esters is 1. The Kier molecular flexibility index (Phi) is 14.7. The second-order valence-corrected chi connectivity index (χ2v) is 4.24. The van der Waals surface area contributed by atoms with Gasteiger partial charge in [0.25, 0.3) is 0 Å². The van der Waals surface area contributed by atoms with Crippen molar-refractivity contribution in [2.24, 2.45) is 0 Å². The van der Waals surface area contributed by atoms with Crippen molar-refractivity contribution in [3.05, 3.63) is 0 Å². The average Bonchev–Trinajstić information content (AvgIpc) is 2.58. The molecular formula is C21H36O2S. The van der Waals surface area contributed by atoms with E-state index in [1.807, 2.05) is 6.26 Å². The standard InChI is InChI=1S/C21H10O2S.13H2/c1-3-4-5-6-7-8-9-10-11-12-13-14-15-16-17-18-21(22)23-19-20-24-2;;;;;;;;;;;;;/h19-20H2,1-2H3;13*1H. The smallest absolute Gasteiger partial charge is 0.385 e. The molecule has 0 aliphatic heterocycles. The van der Waals surface area contributed by atoms with Crippen molar-refractivity contribution in [2.75, 3.05) is 18.6 Å². The topological polar surface area (TPSA) is 26.3 Å². The summed E-state index contributed by atoms with van der Waals surface area (Å²) in [5.74, 6) is 39.6. The molecule has 0 N–H and O–H groups in total. The van der Waals surface area contributed by atoms with E-state index in [9.17, 15) is 4.79 Å². The molecular weight excluding hydrogens is 316 g/mol. The van der Waals surface area contributed by atoms with Crippen LogP contribution in [0.15, 0.2) is 0 Å². The summed E-state index contributed by atoms with van der Waals surface area (Å²) in [5.41, 5.74) is 0. The van der Waals surface area contributed by atoms with Gasteiger partial charge in [0.05, 0.1) is 0 Å². The maximum absolute atomic E-state index is 11.1. The van der Waals surface area contributed by atoms with Crippen LogP contribution in [0.3, 0.4) is 0 Å². The van der Waals surface area contributed by atoms with Gasteiger partial charge in [-0.2, -0.15) is 11.8 Å². The van der Waals surface area contributed by atoms with Gasteiger partial charge in [-0.05, 0) is 96.1 Å². The third-order valence-corrected chi connectivity index (χ3v) is 2.20. The molecule has 0 saturated carbocycles. The summed E-state index contributed by atoms with van der Waals surface area (Å²) < 4.78 is 4.80. The minimum atomic E-state index is -0.603. The van der Waals surface area contributed by atoms with E-state index in [-0.39, 0.29) is 18.5 Å². The Bertz CT molecular complexity index is 975. The molecule has 0 aromatic carbocycles. The van der Waals surface area contributed by atoms with E-state index < -0.39 is 5.97 Å². The second-order valence-electron chi connectivity index (χ2n) is 3.25. The predicted molar refractivity (Wildman–Crippen MR) is 125 cm³/mol. The van der Waals surface area contributed by atoms with E-state index in [1.54, 1.807) is 18.7 Å². The van der Waals surface area contributed by atoms with E-state index in [2.05, 4.69) is 94.7 Å². The first-order valence-electron chi connectivity index (χ1n) is 6.39. The number of ether oxygens (including phenoxy) is 1. The fourth-order valence-corrected chi connectivity index (χ4v) is 1.02. The molecule has 138 valence electrons. The molecule has 2 nitrogen and oxygen atoms in total. The fraction of sp³-hybridized carbons (Fsp3) is 0.190. The van der Waals surface area contributed by atoms with Gasteiger partial charge in [0.15, 0.2) is 0 Å². The molecule has 0 saturated heterocycles. The van der Waals surface area contributed by atoms with Crippen molar-refractivity contribution in [3.8, 4) is 94.7 Å². The third-order valence-electron chi connectivity index (χ3n) is 1.62. The number of hydrogen-bond donors (Lipinski definition) is 0. The zero-order valence-corrected chi connectivity index (χ0v) is 14.0. The fourth-order valence-electron chi connectivity index (χ4n) is 0.774. The Labute approximate surface area is 167 Å². The summed E-state index contributed by atoms with van der Waals surface area (Å²) in [6, 6.07) is 0. The molecule has 0 amide bonds. The lowest BCUT2D eigenvalue weighted by molar-refractivity contribution is -0.136. The zero-order valence-electron chi connectivity index (χ0n) is 13.1. The van der Waals surface area contributed by atoms with Crippen molar-refractivity contribution in [1.82, 2.24) is 0 Å². The van der Waals surface area contributed by atoms with Gasteiger partial charge in [-0.3, -0.25) is 0 Å². The van der Waals surface area contributed by atoms with E-state index in [0.29, 0.717) is 6.61 Å². The Hall–Kier alpha value is -3.70. The largest absolute Gasteiger partial charge is 0.455 e. The van der Waals surface area contributed by atoms with Crippen molar-refractivity contribution < 1.29 is 28.1 Å². The number of carbonyl (C=O) groups is 1. The highest BCUT2D eigenvalue weighted by atomic mass is 32.2. The maximum Gasteiger partial charge on any atom is 0.385 e. The number of hydrogen-bond acceptors (Lipinski definition) is 3. The first-order chi connectivity index (χ1) is 11.8. The van der Waals surface area contributed by atoms with Gasteiger partial charge in [-0.1, -0.05) is 5.92 Å². The summed E-state index contributed by atoms with van der Waals surface area (Å²) in [6.07, 6.45) is 1.92. The van der Waals surface area contributed by atoms with E-state index in [1.165, 1.54) is 0 Å². The van der Waals surface area contributed by atoms with Gasteiger partial charge in [0, 0.05) is 30.2 Å². The van der Waals surface area contributed by atoms with Crippen molar-refractivity contribution in [1.29, 1.82) is 0 Å². The second kappa shape index (κ2) is 17.4. The van der Waals surface area contributed by atoms with Gasteiger partial charge in [-0.25, -0.2) is 4.79 Å². The highest BCUT2D eigenvalue weighted by Gasteiger charge is 1.93. The molecule has 0 heterocycles. The van der Waals surface area contributed by atoms with Crippen LogP contribution in [0.4, 0.5) is 0 Å².